The minimum atomic E-state index is -3.16. The predicted octanol–water partition coefficient (Wildman–Crippen LogP) is 2.73. The first-order valence-corrected chi connectivity index (χ1v) is 10.4. The number of rotatable bonds is 5. The summed E-state index contributed by atoms with van der Waals surface area (Å²) in [6.45, 7) is 1.87. The van der Waals surface area contributed by atoms with Gasteiger partial charge in [0.25, 0.3) is 11.6 Å². The summed E-state index contributed by atoms with van der Waals surface area (Å²) in [4.78, 5) is 25.2. The van der Waals surface area contributed by atoms with Crippen molar-refractivity contribution in [3.05, 3.63) is 75.3 Å². The van der Waals surface area contributed by atoms with Crippen LogP contribution in [0.2, 0.25) is 0 Å². The lowest BCUT2D eigenvalue weighted by atomic mass is 10.1. The Morgan fingerprint density at radius 3 is 2.48 bits per heavy atom. The van der Waals surface area contributed by atoms with E-state index < -0.39 is 20.8 Å². The normalized spacial score (nSPS) is 18.2. The third-order valence-corrected chi connectivity index (χ3v) is 6.50. The number of benzene rings is 2. The number of nitro groups is 1. The number of nitrogens with zero attached hydrogens (tertiary/aromatic N) is 2. The van der Waals surface area contributed by atoms with Crippen molar-refractivity contribution in [2.75, 3.05) is 11.5 Å². The van der Waals surface area contributed by atoms with Crippen molar-refractivity contribution < 1.29 is 18.1 Å². The predicted molar refractivity (Wildman–Crippen MR) is 101 cm³/mol. The fourth-order valence-electron chi connectivity index (χ4n) is 3.33. The van der Waals surface area contributed by atoms with Gasteiger partial charge in [0.15, 0.2) is 9.84 Å². The molecule has 0 spiro atoms. The molecule has 0 saturated carbocycles. The summed E-state index contributed by atoms with van der Waals surface area (Å²) >= 11 is 0. The van der Waals surface area contributed by atoms with Gasteiger partial charge in [-0.15, -0.1) is 0 Å². The summed E-state index contributed by atoms with van der Waals surface area (Å²) in [5, 5.41) is 11.0. The zero-order chi connectivity index (χ0) is 19.6. The first kappa shape index (κ1) is 19.0. The van der Waals surface area contributed by atoms with Gasteiger partial charge in [-0.1, -0.05) is 30.3 Å². The quantitative estimate of drug-likeness (QED) is 0.579. The molecule has 1 aliphatic rings. The molecular weight excluding hydrogens is 368 g/mol. The van der Waals surface area contributed by atoms with E-state index >= 15 is 0 Å². The van der Waals surface area contributed by atoms with Crippen molar-refractivity contribution >= 4 is 21.4 Å². The lowest BCUT2D eigenvalue weighted by Gasteiger charge is -2.28. The maximum absolute atomic E-state index is 13.1. The minimum absolute atomic E-state index is 0.0513. The molecule has 0 N–H and O–H groups in total. The van der Waals surface area contributed by atoms with Gasteiger partial charge in [-0.2, -0.15) is 0 Å². The minimum Gasteiger partial charge on any atom is -0.330 e. The molecule has 8 heteroatoms. The van der Waals surface area contributed by atoms with E-state index in [9.17, 15) is 23.3 Å². The third-order valence-electron chi connectivity index (χ3n) is 4.75. The second kappa shape index (κ2) is 7.48. The number of aryl methyl sites for hydroxylation is 1. The highest BCUT2D eigenvalue weighted by Gasteiger charge is 2.35. The van der Waals surface area contributed by atoms with Gasteiger partial charge >= 0.3 is 0 Å². The molecular formula is C19H20N2O5S. The molecule has 3 rings (SSSR count). The summed E-state index contributed by atoms with van der Waals surface area (Å²) in [5.41, 5.74) is 1.56. The second-order valence-electron chi connectivity index (χ2n) is 6.73. The van der Waals surface area contributed by atoms with Gasteiger partial charge in [-0.25, -0.2) is 8.42 Å². The van der Waals surface area contributed by atoms with Gasteiger partial charge in [0.2, 0.25) is 0 Å². The van der Waals surface area contributed by atoms with Crippen molar-refractivity contribution in [3.8, 4) is 0 Å². The van der Waals surface area contributed by atoms with Crippen LogP contribution in [-0.2, 0) is 16.4 Å². The van der Waals surface area contributed by atoms with Crippen molar-refractivity contribution in [3.63, 3.8) is 0 Å². The fourth-order valence-corrected chi connectivity index (χ4v) is 5.06. The lowest BCUT2D eigenvalue weighted by Crippen LogP contribution is -2.40. The standard InChI is InChI=1S/C19H20N2O5S/c1-14-11-16(7-8-18(14)21(23)24)19(22)20(12-15-5-3-2-4-6-15)17-9-10-27(25,26)13-17/h2-8,11,17H,9-10,12-13H2,1H3/t17-/m1/s1. The van der Waals surface area contributed by atoms with Gasteiger partial charge in [0.05, 0.1) is 16.4 Å². The molecule has 1 atom stereocenters. The third kappa shape index (κ3) is 4.33. The number of sulfone groups is 1. The molecule has 2 aromatic carbocycles. The van der Waals surface area contributed by atoms with Crippen LogP contribution in [0.4, 0.5) is 5.69 Å². The zero-order valence-electron chi connectivity index (χ0n) is 14.9. The van der Waals surface area contributed by atoms with E-state index in [2.05, 4.69) is 0 Å². The largest absolute Gasteiger partial charge is 0.330 e. The topological polar surface area (TPSA) is 97.6 Å². The average molecular weight is 388 g/mol. The molecule has 7 nitrogen and oxygen atoms in total. The van der Waals surface area contributed by atoms with Crippen LogP contribution >= 0.6 is 0 Å². The van der Waals surface area contributed by atoms with E-state index in [4.69, 9.17) is 0 Å². The van der Waals surface area contributed by atoms with Crippen LogP contribution in [0.3, 0.4) is 0 Å². The van der Waals surface area contributed by atoms with Crippen molar-refractivity contribution in [2.45, 2.75) is 25.9 Å². The highest BCUT2D eigenvalue weighted by atomic mass is 32.2. The molecule has 0 aromatic heterocycles. The van der Waals surface area contributed by atoms with Crippen LogP contribution in [0.25, 0.3) is 0 Å². The molecule has 0 radical (unpaired) electrons. The first-order valence-electron chi connectivity index (χ1n) is 8.57. The molecule has 1 saturated heterocycles. The van der Waals surface area contributed by atoms with Crippen LogP contribution in [0.15, 0.2) is 48.5 Å². The number of hydrogen-bond donors (Lipinski definition) is 0. The number of amides is 1. The average Bonchev–Trinajstić information content (AvgIpc) is 2.99. The lowest BCUT2D eigenvalue weighted by molar-refractivity contribution is -0.385. The SMILES string of the molecule is Cc1cc(C(=O)N(Cc2ccccc2)[C@@H]2CCS(=O)(=O)C2)ccc1[N+](=O)[O-]. The van der Waals surface area contributed by atoms with E-state index in [0.717, 1.165) is 5.56 Å². The van der Waals surface area contributed by atoms with Gasteiger partial charge in [-0.05, 0) is 31.0 Å². The van der Waals surface area contributed by atoms with E-state index in [1.165, 1.54) is 18.2 Å². The monoisotopic (exact) mass is 388 g/mol. The zero-order valence-corrected chi connectivity index (χ0v) is 15.7. The molecule has 2 aromatic rings. The highest BCUT2D eigenvalue weighted by molar-refractivity contribution is 7.91. The molecule has 1 amide bonds. The van der Waals surface area contributed by atoms with Gasteiger partial charge in [0, 0.05) is 29.8 Å². The maximum atomic E-state index is 13.1. The first-order chi connectivity index (χ1) is 12.8. The van der Waals surface area contributed by atoms with Crippen LogP contribution in [0.5, 0.6) is 0 Å². The maximum Gasteiger partial charge on any atom is 0.272 e. The summed E-state index contributed by atoms with van der Waals surface area (Å²) < 4.78 is 23.8. The van der Waals surface area contributed by atoms with Crippen LogP contribution in [0, 0.1) is 17.0 Å². The number of nitro benzene ring substituents is 1. The molecule has 0 unspecified atom stereocenters. The van der Waals surface area contributed by atoms with E-state index in [0.29, 0.717) is 17.5 Å². The number of carbonyl (C=O) groups is 1. The fraction of sp³-hybridized carbons (Fsp3) is 0.316. The van der Waals surface area contributed by atoms with E-state index in [1.807, 2.05) is 30.3 Å². The Labute approximate surface area is 157 Å². The Hall–Kier alpha value is -2.74. The molecule has 0 aliphatic carbocycles. The Balaban J connectivity index is 1.93. The second-order valence-corrected chi connectivity index (χ2v) is 8.96. The van der Waals surface area contributed by atoms with Crippen molar-refractivity contribution in [2.24, 2.45) is 0 Å². The molecule has 0 bridgehead atoms. The Morgan fingerprint density at radius 1 is 1.22 bits per heavy atom. The molecule has 1 fully saturated rings. The van der Waals surface area contributed by atoms with Gasteiger partial charge < -0.3 is 4.90 Å². The van der Waals surface area contributed by atoms with Crippen molar-refractivity contribution in [1.29, 1.82) is 0 Å². The Bertz CT molecular complexity index is 973. The Morgan fingerprint density at radius 2 is 1.93 bits per heavy atom. The van der Waals surface area contributed by atoms with Crippen molar-refractivity contribution in [1.82, 2.24) is 4.90 Å². The summed E-state index contributed by atoms with van der Waals surface area (Å²) in [6, 6.07) is 13.2. The number of hydrogen-bond acceptors (Lipinski definition) is 5. The molecule has 1 aliphatic heterocycles. The summed E-state index contributed by atoms with van der Waals surface area (Å²) in [7, 11) is -3.16. The molecule has 1 heterocycles. The number of carbonyl (C=O) groups excluding carboxylic acids is 1. The molecule has 27 heavy (non-hydrogen) atoms. The highest BCUT2D eigenvalue weighted by Crippen LogP contribution is 2.25. The van der Waals surface area contributed by atoms with E-state index in [1.54, 1.807) is 11.8 Å². The van der Waals surface area contributed by atoms with Crippen LogP contribution < -0.4 is 0 Å². The van der Waals surface area contributed by atoms with Crippen LogP contribution in [-0.4, -0.2) is 41.7 Å². The van der Waals surface area contributed by atoms with E-state index in [-0.39, 0.29) is 29.6 Å². The summed E-state index contributed by atoms with van der Waals surface area (Å²) in [6.07, 6.45) is 0.396. The Kier molecular flexibility index (Phi) is 5.27. The molecule has 142 valence electrons. The van der Waals surface area contributed by atoms with Gasteiger partial charge in [0.1, 0.15) is 0 Å². The van der Waals surface area contributed by atoms with Gasteiger partial charge in [-0.3, -0.25) is 14.9 Å². The smallest absolute Gasteiger partial charge is 0.272 e. The van der Waals surface area contributed by atoms with Crippen LogP contribution in [0.1, 0.15) is 27.9 Å². The summed E-state index contributed by atoms with van der Waals surface area (Å²) in [5.74, 6) is -0.313.